The second-order valence-corrected chi connectivity index (χ2v) is 2.37. The van der Waals surface area contributed by atoms with Crippen LogP contribution in [0.1, 0.15) is 18.1 Å². The molecule has 0 aromatic heterocycles. The largest absolute Gasteiger partial charge is 0.323 e. The van der Waals surface area contributed by atoms with Crippen LogP contribution >= 0.6 is 0 Å². The lowest BCUT2D eigenvalue weighted by Gasteiger charge is -1.99. The highest BCUT2D eigenvalue weighted by molar-refractivity contribution is 6.00. The van der Waals surface area contributed by atoms with E-state index in [1.54, 1.807) is 13.0 Å². The molecule has 0 amide bonds. The second-order valence-electron chi connectivity index (χ2n) is 2.37. The number of rotatable bonds is 1. The fourth-order valence-electron chi connectivity index (χ4n) is 0.966. The Bertz CT molecular complexity index is 347. The van der Waals surface area contributed by atoms with E-state index in [-0.39, 0.29) is 0 Å². The minimum atomic E-state index is 0.601. The molecule has 1 rings (SSSR count). The van der Waals surface area contributed by atoms with Crippen LogP contribution in [0.3, 0.4) is 0 Å². The van der Waals surface area contributed by atoms with Gasteiger partial charge in [0.05, 0.1) is 17.3 Å². The fourth-order valence-corrected chi connectivity index (χ4v) is 0.966. The Morgan fingerprint density at radius 2 is 2.17 bits per heavy atom. The van der Waals surface area contributed by atoms with Gasteiger partial charge in [-0.15, -0.1) is 0 Å². The summed E-state index contributed by atoms with van der Waals surface area (Å²) in [6.07, 6.45) is 0. The van der Waals surface area contributed by atoms with Crippen LogP contribution in [0, 0.1) is 11.3 Å². The van der Waals surface area contributed by atoms with Gasteiger partial charge in [-0.05, 0) is 13.0 Å². The third-order valence-corrected chi connectivity index (χ3v) is 1.63. The topological polar surface area (TPSA) is 62.2 Å². The Labute approximate surface area is 71.1 Å². The van der Waals surface area contributed by atoms with Gasteiger partial charge in [0.1, 0.15) is 0 Å². The first-order chi connectivity index (χ1) is 5.79. The van der Waals surface area contributed by atoms with Crippen molar-refractivity contribution in [3.8, 4) is 6.07 Å². The molecule has 1 aromatic carbocycles. The van der Waals surface area contributed by atoms with Crippen LogP contribution in [0.4, 0.5) is 0 Å². The summed E-state index contributed by atoms with van der Waals surface area (Å²) in [4.78, 5) is 0. The molecule has 3 heteroatoms. The molecule has 0 fully saturated rings. The van der Waals surface area contributed by atoms with Gasteiger partial charge in [0.2, 0.25) is 0 Å². The van der Waals surface area contributed by atoms with E-state index in [1.165, 1.54) is 0 Å². The molecule has 0 heterocycles. The molecule has 3 nitrogen and oxygen atoms in total. The molecule has 60 valence electrons. The average Bonchev–Trinajstić information content (AvgIpc) is 2.16. The zero-order valence-electron chi connectivity index (χ0n) is 6.78. The van der Waals surface area contributed by atoms with E-state index in [4.69, 9.17) is 11.1 Å². The van der Waals surface area contributed by atoms with Crippen LogP contribution in [-0.2, 0) is 0 Å². The first-order valence-corrected chi connectivity index (χ1v) is 3.53. The van der Waals surface area contributed by atoms with E-state index in [2.05, 4.69) is 11.2 Å². The van der Waals surface area contributed by atoms with Gasteiger partial charge in [-0.1, -0.05) is 18.2 Å². The first-order valence-electron chi connectivity index (χ1n) is 3.53. The van der Waals surface area contributed by atoms with E-state index >= 15 is 0 Å². The van der Waals surface area contributed by atoms with Crippen molar-refractivity contribution in [2.75, 3.05) is 0 Å². The van der Waals surface area contributed by atoms with E-state index in [0.29, 0.717) is 11.3 Å². The van der Waals surface area contributed by atoms with Gasteiger partial charge >= 0.3 is 0 Å². The molecular weight excluding hydrogens is 150 g/mol. The SMILES string of the molecule is C/C(=N/N)c1ccccc1C#N. The predicted molar refractivity (Wildman–Crippen MR) is 47.6 cm³/mol. The van der Waals surface area contributed by atoms with Crippen LogP contribution in [-0.4, -0.2) is 5.71 Å². The summed E-state index contributed by atoms with van der Waals surface area (Å²) in [6, 6.07) is 9.30. The summed E-state index contributed by atoms with van der Waals surface area (Å²) >= 11 is 0. The summed E-state index contributed by atoms with van der Waals surface area (Å²) in [5.41, 5.74) is 2.07. The average molecular weight is 159 g/mol. The van der Waals surface area contributed by atoms with Crippen molar-refractivity contribution >= 4 is 5.71 Å². The van der Waals surface area contributed by atoms with Crippen molar-refractivity contribution in [2.45, 2.75) is 6.92 Å². The standard InChI is InChI=1S/C9H9N3/c1-7(12-11)9-5-3-2-4-8(9)6-10/h2-5H,11H2,1H3/b12-7-. The Morgan fingerprint density at radius 3 is 2.75 bits per heavy atom. The maximum absolute atomic E-state index is 8.72. The number of hydrogen-bond acceptors (Lipinski definition) is 3. The molecule has 1 aromatic rings. The minimum Gasteiger partial charge on any atom is -0.323 e. The zero-order chi connectivity index (χ0) is 8.97. The molecule has 0 saturated heterocycles. The lowest BCUT2D eigenvalue weighted by atomic mass is 10.1. The number of nitrogens with two attached hydrogens (primary N) is 1. The molecule has 0 aliphatic rings. The van der Waals surface area contributed by atoms with Crippen LogP contribution in [0.25, 0.3) is 0 Å². The third-order valence-electron chi connectivity index (χ3n) is 1.63. The highest BCUT2D eigenvalue weighted by atomic mass is 15.1. The van der Waals surface area contributed by atoms with E-state index in [0.717, 1.165) is 5.56 Å². The second kappa shape index (κ2) is 3.54. The number of nitriles is 1. The number of hydrazone groups is 1. The first kappa shape index (κ1) is 8.28. The highest BCUT2D eigenvalue weighted by Gasteiger charge is 2.02. The number of hydrogen-bond donors (Lipinski definition) is 1. The highest BCUT2D eigenvalue weighted by Crippen LogP contribution is 2.07. The third kappa shape index (κ3) is 1.43. The van der Waals surface area contributed by atoms with E-state index in [9.17, 15) is 0 Å². The van der Waals surface area contributed by atoms with Gasteiger partial charge in [-0.2, -0.15) is 10.4 Å². The summed E-state index contributed by atoms with van der Waals surface area (Å²) in [7, 11) is 0. The van der Waals surface area contributed by atoms with Crippen LogP contribution in [0.15, 0.2) is 29.4 Å². The maximum Gasteiger partial charge on any atom is 0.0998 e. The summed E-state index contributed by atoms with van der Waals surface area (Å²) in [5.74, 6) is 5.11. The lowest BCUT2D eigenvalue weighted by molar-refractivity contribution is 1.23. The molecule has 0 aliphatic heterocycles. The van der Waals surface area contributed by atoms with Gasteiger partial charge in [0.15, 0.2) is 0 Å². The molecule has 0 radical (unpaired) electrons. The summed E-state index contributed by atoms with van der Waals surface area (Å²) < 4.78 is 0. The Hall–Kier alpha value is -1.82. The van der Waals surface area contributed by atoms with E-state index in [1.807, 2.05) is 18.2 Å². The Morgan fingerprint density at radius 1 is 1.50 bits per heavy atom. The molecule has 0 atom stereocenters. The van der Waals surface area contributed by atoms with Gasteiger partial charge < -0.3 is 5.84 Å². The monoisotopic (exact) mass is 159 g/mol. The summed E-state index contributed by atoms with van der Waals surface area (Å²) in [5, 5.41) is 12.2. The number of benzene rings is 1. The van der Waals surface area contributed by atoms with Gasteiger partial charge in [-0.25, -0.2) is 0 Å². The van der Waals surface area contributed by atoms with Gasteiger partial charge in [-0.3, -0.25) is 0 Å². The van der Waals surface area contributed by atoms with Crippen LogP contribution < -0.4 is 5.84 Å². The Balaban J connectivity index is 3.25. The van der Waals surface area contributed by atoms with Crippen molar-refractivity contribution in [1.82, 2.24) is 0 Å². The Kier molecular flexibility index (Phi) is 2.44. The minimum absolute atomic E-state index is 0.601. The predicted octanol–water partition coefficient (Wildman–Crippen LogP) is 1.24. The molecular formula is C9H9N3. The number of nitrogens with zero attached hydrogens (tertiary/aromatic N) is 2. The fraction of sp³-hybridized carbons (Fsp3) is 0.111. The summed E-state index contributed by atoms with van der Waals surface area (Å²) in [6.45, 7) is 1.77. The lowest BCUT2D eigenvalue weighted by Crippen LogP contribution is -2.01. The normalized spacial score (nSPS) is 10.8. The molecule has 12 heavy (non-hydrogen) atoms. The van der Waals surface area contributed by atoms with Gasteiger partial charge in [0.25, 0.3) is 0 Å². The smallest absolute Gasteiger partial charge is 0.0998 e. The van der Waals surface area contributed by atoms with Crippen molar-refractivity contribution in [3.05, 3.63) is 35.4 Å². The van der Waals surface area contributed by atoms with Gasteiger partial charge in [0, 0.05) is 5.56 Å². The molecule has 0 unspecified atom stereocenters. The molecule has 0 saturated carbocycles. The maximum atomic E-state index is 8.72. The molecule has 0 bridgehead atoms. The van der Waals surface area contributed by atoms with Crippen molar-refractivity contribution in [3.63, 3.8) is 0 Å². The zero-order valence-corrected chi connectivity index (χ0v) is 6.78. The quantitative estimate of drug-likeness (QED) is 0.380. The van der Waals surface area contributed by atoms with Crippen molar-refractivity contribution in [2.24, 2.45) is 10.9 Å². The molecule has 0 aliphatic carbocycles. The van der Waals surface area contributed by atoms with Crippen molar-refractivity contribution in [1.29, 1.82) is 5.26 Å². The molecule has 0 spiro atoms. The van der Waals surface area contributed by atoms with Crippen LogP contribution in [0.2, 0.25) is 0 Å². The molecule has 2 N–H and O–H groups in total. The van der Waals surface area contributed by atoms with Crippen LogP contribution in [0.5, 0.6) is 0 Å². The van der Waals surface area contributed by atoms with E-state index < -0.39 is 0 Å². The van der Waals surface area contributed by atoms with Crippen molar-refractivity contribution < 1.29 is 0 Å².